The predicted octanol–water partition coefficient (Wildman–Crippen LogP) is 4.36. The number of amides is 2. The van der Waals surface area contributed by atoms with E-state index in [2.05, 4.69) is 17.3 Å². The molecule has 0 saturated carbocycles. The minimum Gasteiger partial charge on any atom is -0.490 e. The Labute approximate surface area is 190 Å². The number of carbonyl (C=O) groups is 2. The lowest BCUT2D eigenvalue weighted by Gasteiger charge is -2.20. The molecule has 1 aliphatic rings. The van der Waals surface area contributed by atoms with E-state index in [4.69, 9.17) is 21.1 Å². The third kappa shape index (κ3) is 6.15. The van der Waals surface area contributed by atoms with Crippen molar-refractivity contribution in [2.24, 2.45) is 5.10 Å². The molecule has 1 heterocycles. The van der Waals surface area contributed by atoms with Crippen LogP contribution in [0.5, 0.6) is 11.5 Å². The van der Waals surface area contributed by atoms with Gasteiger partial charge in [-0.3, -0.25) is 9.59 Å². The van der Waals surface area contributed by atoms with Crippen LogP contribution in [0.25, 0.3) is 0 Å². The van der Waals surface area contributed by atoms with Crippen LogP contribution in [-0.2, 0) is 16.0 Å². The molecule has 3 rings (SSSR count). The number of halogens is 1. The molecule has 0 radical (unpaired) electrons. The number of ether oxygens (including phenoxy) is 2. The number of nitrogens with zero attached hydrogens (tertiary/aromatic N) is 2. The van der Waals surface area contributed by atoms with Gasteiger partial charge in [-0.15, -0.1) is 5.10 Å². The zero-order valence-corrected chi connectivity index (χ0v) is 19.1. The van der Waals surface area contributed by atoms with E-state index < -0.39 is 5.37 Å². The Morgan fingerprint density at radius 3 is 2.45 bits per heavy atom. The van der Waals surface area contributed by atoms with Gasteiger partial charge in [0, 0.05) is 13.8 Å². The van der Waals surface area contributed by atoms with Crippen molar-refractivity contribution in [2.75, 3.05) is 13.2 Å². The molecule has 2 aromatic rings. The molecule has 0 bridgehead atoms. The molecule has 0 fully saturated rings. The molecule has 9 heteroatoms. The number of rotatable bonds is 7. The molecule has 0 spiro atoms. The molecule has 0 aliphatic carbocycles. The number of carbonyl (C=O) groups excluding carboxylic acids is 2. The van der Waals surface area contributed by atoms with Crippen molar-refractivity contribution in [1.82, 2.24) is 10.3 Å². The molecule has 7 nitrogen and oxygen atoms in total. The Morgan fingerprint density at radius 1 is 1.13 bits per heavy atom. The first-order valence-corrected chi connectivity index (χ1v) is 11.1. The van der Waals surface area contributed by atoms with Crippen LogP contribution in [0, 0.1) is 0 Å². The first-order valence-electron chi connectivity index (χ1n) is 9.84. The van der Waals surface area contributed by atoms with E-state index in [1.165, 1.54) is 36.2 Å². The Balaban J connectivity index is 1.57. The van der Waals surface area contributed by atoms with Crippen molar-refractivity contribution < 1.29 is 19.1 Å². The summed E-state index contributed by atoms with van der Waals surface area (Å²) >= 11 is 7.67. The highest BCUT2D eigenvalue weighted by Crippen LogP contribution is 2.40. The second-order valence-electron chi connectivity index (χ2n) is 6.80. The minimum atomic E-state index is -0.416. The molecule has 1 N–H and O–H groups in total. The molecule has 1 aliphatic heterocycles. The molecule has 31 heavy (non-hydrogen) atoms. The predicted molar refractivity (Wildman–Crippen MR) is 122 cm³/mol. The molecule has 2 aromatic carbocycles. The van der Waals surface area contributed by atoms with Gasteiger partial charge in [-0.25, -0.2) is 5.01 Å². The second kappa shape index (κ2) is 10.5. The fourth-order valence-electron chi connectivity index (χ4n) is 2.90. The number of hydrazone groups is 1. The molecule has 0 aromatic heterocycles. The van der Waals surface area contributed by atoms with Crippen LogP contribution in [0.3, 0.4) is 0 Å². The summed E-state index contributed by atoms with van der Waals surface area (Å²) in [5.41, 5.74) is 2.03. The lowest BCUT2D eigenvalue weighted by atomic mass is 10.2. The summed E-state index contributed by atoms with van der Waals surface area (Å²) in [6.07, 6.45) is 0.988. The number of aryl methyl sites for hydroxylation is 1. The van der Waals surface area contributed by atoms with E-state index in [9.17, 15) is 9.59 Å². The van der Waals surface area contributed by atoms with Crippen LogP contribution in [0.15, 0.2) is 47.6 Å². The largest absolute Gasteiger partial charge is 0.490 e. The molecule has 2 amide bonds. The molecular weight excluding hydrogens is 438 g/mol. The van der Waals surface area contributed by atoms with Gasteiger partial charge in [0.05, 0.1) is 5.02 Å². The van der Waals surface area contributed by atoms with E-state index >= 15 is 0 Å². The van der Waals surface area contributed by atoms with Gasteiger partial charge in [-0.05, 0) is 41.8 Å². The van der Waals surface area contributed by atoms with Crippen LogP contribution in [0.2, 0.25) is 5.02 Å². The highest BCUT2D eigenvalue weighted by molar-refractivity contribution is 8.14. The van der Waals surface area contributed by atoms with E-state index in [1.807, 2.05) is 30.3 Å². The van der Waals surface area contributed by atoms with Gasteiger partial charge in [-0.2, -0.15) is 0 Å². The summed E-state index contributed by atoms with van der Waals surface area (Å²) in [5, 5.41) is 8.48. The average Bonchev–Trinajstić information content (AvgIpc) is 3.16. The van der Waals surface area contributed by atoms with E-state index in [1.54, 1.807) is 12.1 Å². The van der Waals surface area contributed by atoms with Gasteiger partial charge in [0.25, 0.3) is 0 Å². The maximum absolute atomic E-state index is 12.0. The summed E-state index contributed by atoms with van der Waals surface area (Å²) < 4.78 is 11.4. The first-order chi connectivity index (χ1) is 14.9. The number of benzene rings is 2. The standard InChI is InChI=1S/C22H24ClN3O4S/c1-4-16-5-8-18(9-6-16)29-11-12-30-20-10-7-17(13-19(20)23)21-26(15(3)28)25-22(31-21)24-14(2)27/h5-10,13,21H,4,11-12H2,1-3H3,(H,24,25,27)/t21-/m0/s1. The highest BCUT2D eigenvalue weighted by Gasteiger charge is 2.32. The quantitative estimate of drug-likeness (QED) is 0.619. The van der Waals surface area contributed by atoms with Gasteiger partial charge >= 0.3 is 0 Å². The zero-order chi connectivity index (χ0) is 22.4. The van der Waals surface area contributed by atoms with Gasteiger partial charge in [0.2, 0.25) is 11.8 Å². The van der Waals surface area contributed by atoms with E-state index in [0.717, 1.165) is 17.7 Å². The van der Waals surface area contributed by atoms with E-state index in [-0.39, 0.29) is 11.8 Å². The maximum atomic E-state index is 12.0. The summed E-state index contributed by atoms with van der Waals surface area (Å²) in [4.78, 5) is 23.3. The molecule has 1 atom stereocenters. The van der Waals surface area contributed by atoms with Crippen molar-refractivity contribution in [3.63, 3.8) is 0 Å². The fraction of sp³-hybridized carbons (Fsp3) is 0.318. The summed E-state index contributed by atoms with van der Waals surface area (Å²) in [7, 11) is 0. The second-order valence-corrected chi connectivity index (χ2v) is 8.28. The normalized spacial score (nSPS) is 15.4. The monoisotopic (exact) mass is 461 g/mol. The van der Waals surface area contributed by atoms with Crippen LogP contribution >= 0.6 is 23.4 Å². The van der Waals surface area contributed by atoms with Crippen molar-refractivity contribution in [1.29, 1.82) is 0 Å². The van der Waals surface area contributed by atoms with Crippen LogP contribution < -0.4 is 14.8 Å². The minimum absolute atomic E-state index is 0.238. The van der Waals surface area contributed by atoms with Gasteiger partial charge in [0.15, 0.2) is 5.17 Å². The summed E-state index contributed by atoms with van der Waals surface area (Å²) in [6, 6.07) is 13.3. The van der Waals surface area contributed by atoms with Crippen molar-refractivity contribution in [2.45, 2.75) is 32.6 Å². The average molecular weight is 462 g/mol. The third-order valence-electron chi connectivity index (χ3n) is 4.43. The summed E-state index contributed by atoms with van der Waals surface area (Å²) in [6.45, 7) is 5.64. The summed E-state index contributed by atoms with van der Waals surface area (Å²) in [5.74, 6) is 0.828. The van der Waals surface area contributed by atoms with Gasteiger partial charge in [0.1, 0.15) is 30.1 Å². The Morgan fingerprint density at radius 2 is 1.84 bits per heavy atom. The smallest absolute Gasteiger partial charge is 0.241 e. The van der Waals surface area contributed by atoms with Crippen LogP contribution in [0.1, 0.15) is 37.3 Å². The highest BCUT2D eigenvalue weighted by atomic mass is 35.5. The Kier molecular flexibility index (Phi) is 7.81. The van der Waals surface area contributed by atoms with Crippen LogP contribution in [-0.4, -0.2) is 35.2 Å². The van der Waals surface area contributed by atoms with Crippen molar-refractivity contribution in [3.8, 4) is 11.5 Å². The number of thioether (sulfide) groups is 1. The lowest BCUT2D eigenvalue weighted by molar-refractivity contribution is -0.129. The number of nitrogens with one attached hydrogen (secondary N) is 1. The van der Waals surface area contributed by atoms with Crippen molar-refractivity contribution >= 4 is 40.3 Å². The van der Waals surface area contributed by atoms with Gasteiger partial charge < -0.3 is 14.8 Å². The number of hydrogen-bond donors (Lipinski definition) is 1. The SMILES string of the molecule is CCc1ccc(OCCOc2ccc([C@@H]3SC(NC(C)=O)=NN3C(C)=O)cc2Cl)cc1. The maximum Gasteiger partial charge on any atom is 0.241 e. The Hall–Kier alpha value is -2.71. The zero-order valence-electron chi connectivity index (χ0n) is 17.6. The van der Waals surface area contributed by atoms with E-state index in [0.29, 0.717) is 29.2 Å². The number of hydrogen-bond acceptors (Lipinski definition) is 6. The molecule has 0 unspecified atom stereocenters. The number of amidine groups is 1. The molecule has 0 saturated heterocycles. The third-order valence-corrected chi connectivity index (χ3v) is 5.83. The lowest BCUT2D eigenvalue weighted by Crippen LogP contribution is -2.25. The topological polar surface area (TPSA) is 80.2 Å². The Bertz CT molecular complexity index is 981. The molecule has 164 valence electrons. The van der Waals surface area contributed by atoms with Crippen LogP contribution in [0.4, 0.5) is 0 Å². The van der Waals surface area contributed by atoms with Crippen molar-refractivity contribution in [3.05, 3.63) is 58.6 Å². The van der Waals surface area contributed by atoms with Gasteiger partial charge in [-0.1, -0.05) is 48.5 Å². The fourth-order valence-corrected chi connectivity index (χ4v) is 4.27. The molecular formula is C22H24ClN3O4S. The first kappa shape index (κ1) is 23.0.